The highest BCUT2D eigenvalue weighted by Crippen LogP contribution is 2.31. The molecule has 3 heterocycles. The molecule has 2 aliphatic heterocycles. The standard InChI is InChI=1S/C21H24F2N4O3/c1-2-30-21(29)26-9-7-25(8-10-26)20(28)18-13-27-12-14(3-6-19(27)24-18)16-11-15(22)4-5-17(16)23/h4-5,11,13-14H,2-3,6-10,12H2,1H3. The first-order valence-corrected chi connectivity index (χ1v) is 10.2. The monoisotopic (exact) mass is 418 g/mol. The summed E-state index contributed by atoms with van der Waals surface area (Å²) in [6, 6.07) is 3.51. The van der Waals surface area contributed by atoms with Crippen LogP contribution in [0.15, 0.2) is 24.4 Å². The SMILES string of the molecule is CCOC(=O)N1CCN(C(=O)c2cn3c(n2)CCC(c2cc(F)ccc2F)C3)CC1. The summed E-state index contributed by atoms with van der Waals surface area (Å²) in [5.74, 6) is -0.453. The van der Waals surface area contributed by atoms with Gasteiger partial charge in [-0.3, -0.25) is 4.79 Å². The van der Waals surface area contributed by atoms with Gasteiger partial charge >= 0.3 is 6.09 Å². The minimum atomic E-state index is -0.458. The number of nitrogens with zero attached hydrogens (tertiary/aromatic N) is 4. The van der Waals surface area contributed by atoms with Crippen LogP contribution in [0.2, 0.25) is 0 Å². The summed E-state index contributed by atoms with van der Waals surface area (Å²) in [4.78, 5) is 32.4. The predicted octanol–water partition coefficient (Wildman–Crippen LogP) is 2.81. The molecule has 1 aromatic carbocycles. The van der Waals surface area contributed by atoms with Crippen molar-refractivity contribution >= 4 is 12.0 Å². The summed E-state index contributed by atoms with van der Waals surface area (Å²) in [7, 11) is 0. The van der Waals surface area contributed by atoms with Gasteiger partial charge in [0.15, 0.2) is 0 Å². The third-order valence-electron chi connectivity index (χ3n) is 5.70. The van der Waals surface area contributed by atoms with Crippen LogP contribution in [0, 0.1) is 11.6 Å². The van der Waals surface area contributed by atoms with Crippen LogP contribution in [0.1, 0.15) is 41.1 Å². The molecule has 1 saturated heterocycles. The average molecular weight is 418 g/mol. The minimum absolute atomic E-state index is 0.168. The normalized spacial score (nSPS) is 18.8. The van der Waals surface area contributed by atoms with E-state index in [0.29, 0.717) is 63.4 Å². The Morgan fingerprint density at radius 1 is 1.17 bits per heavy atom. The van der Waals surface area contributed by atoms with Gasteiger partial charge in [0.25, 0.3) is 5.91 Å². The van der Waals surface area contributed by atoms with Gasteiger partial charge in [0, 0.05) is 51.3 Å². The van der Waals surface area contributed by atoms with Gasteiger partial charge in [-0.2, -0.15) is 0 Å². The molecule has 1 fully saturated rings. The van der Waals surface area contributed by atoms with Crippen LogP contribution in [-0.4, -0.2) is 64.1 Å². The van der Waals surface area contributed by atoms with Crippen molar-refractivity contribution in [3.63, 3.8) is 0 Å². The van der Waals surface area contributed by atoms with E-state index in [1.165, 1.54) is 6.07 Å². The average Bonchev–Trinajstić information content (AvgIpc) is 3.18. The maximum Gasteiger partial charge on any atom is 0.409 e. The fraction of sp³-hybridized carbons (Fsp3) is 0.476. The fourth-order valence-electron chi connectivity index (χ4n) is 4.10. The molecule has 0 bridgehead atoms. The number of piperazine rings is 1. The lowest BCUT2D eigenvalue weighted by molar-refractivity contribution is 0.0566. The summed E-state index contributed by atoms with van der Waals surface area (Å²) in [6.07, 6.45) is 2.56. The molecule has 0 aliphatic carbocycles. The number of fused-ring (bicyclic) bond motifs is 1. The Balaban J connectivity index is 1.42. The Morgan fingerprint density at radius 2 is 1.90 bits per heavy atom. The number of benzene rings is 1. The molecule has 1 atom stereocenters. The van der Waals surface area contributed by atoms with E-state index in [9.17, 15) is 18.4 Å². The van der Waals surface area contributed by atoms with E-state index in [1.807, 2.05) is 4.57 Å². The van der Waals surface area contributed by atoms with E-state index < -0.39 is 11.6 Å². The Hall–Kier alpha value is -2.97. The summed E-state index contributed by atoms with van der Waals surface area (Å²) in [5.41, 5.74) is 0.701. The molecule has 0 saturated carbocycles. The number of hydrogen-bond acceptors (Lipinski definition) is 4. The Morgan fingerprint density at radius 3 is 2.63 bits per heavy atom. The van der Waals surface area contributed by atoms with Crippen molar-refractivity contribution in [3.05, 3.63) is 53.1 Å². The Labute approximate surface area is 173 Å². The van der Waals surface area contributed by atoms with Gasteiger partial charge in [0.2, 0.25) is 0 Å². The topological polar surface area (TPSA) is 67.7 Å². The molecule has 0 spiro atoms. The lowest BCUT2D eigenvalue weighted by Gasteiger charge is -2.33. The second-order valence-electron chi connectivity index (χ2n) is 7.57. The molecular weight excluding hydrogens is 394 g/mol. The molecule has 0 radical (unpaired) electrons. The maximum absolute atomic E-state index is 14.2. The zero-order valence-electron chi connectivity index (χ0n) is 16.8. The number of carbonyl (C=O) groups excluding carboxylic acids is 2. The van der Waals surface area contributed by atoms with Crippen LogP contribution in [0.4, 0.5) is 13.6 Å². The van der Waals surface area contributed by atoms with Crippen molar-refractivity contribution in [2.45, 2.75) is 32.2 Å². The molecule has 0 N–H and O–H groups in total. The molecule has 9 heteroatoms. The van der Waals surface area contributed by atoms with Crippen molar-refractivity contribution in [2.75, 3.05) is 32.8 Å². The lowest BCUT2D eigenvalue weighted by atomic mass is 9.91. The van der Waals surface area contributed by atoms with E-state index >= 15 is 0 Å². The molecule has 7 nitrogen and oxygen atoms in total. The first-order chi connectivity index (χ1) is 14.5. The van der Waals surface area contributed by atoms with Crippen LogP contribution in [-0.2, 0) is 17.7 Å². The molecule has 160 valence electrons. The molecule has 2 amide bonds. The van der Waals surface area contributed by atoms with Gasteiger partial charge in [0.1, 0.15) is 23.2 Å². The number of imidazole rings is 1. The number of rotatable bonds is 3. The number of halogens is 2. The number of ether oxygens (including phenoxy) is 1. The van der Waals surface area contributed by atoms with Gasteiger partial charge in [0.05, 0.1) is 6.61 Å². The molecule has 2 aliphatic rings. The van der Waals surface area contributed by atoms with Crippen LogP contribution in [0.3, 0.4) is 0 Å². The second kappa shape index (κ2) is 8.41. The largest absolute Gasteiger partial charge is 0.450 e. The number of aromatic nitrogens is 2. The van der Waals surface area contributed by atoms with Gasteiger partial charge in [-0.05, 0) is 37.1 Å². The van der Waals surface area contributed by atoms with E-state index in [2.05, 4.69) is 4.98 Å². The highest BCUT2D eigenvalue weighted by atomic mass is 19.1. The molecule has 1 unspecified atom stereocenters. The van der Waals surface area contributed by atoms with E-state index in [-0.39, 0.29) is 17.9 Å². The third-order valence-corrected chi connectivity index (χ3v) is 5.70. The van der Waals surface area contributed by atoms with Crippen LogP contribution < -0.4 is 0 Å². The van der Waals surface area contributed by atoms with Crippen LogP contribution >= 0.6 is 0 Å². The van der Waals surface area contributed by atoms with Crippen molar-refractivity contribution < 1.29 is 23.1 Å². The Bertz CT molecular complexity index is 954. The zero-order chi connectivity index (χ0) is 21.3. The number of carbonyl (C=O) groups is 2. The van der Waals surface area contributed by atoms with Gasteiger partial charge in [-0.1, -0.05) is 0 Å². The molecular formula is C21H24F2N4O3. The van der Waals surface area contributed by atoms with Crippen LogP contribution in [0.25, 0.3) is 0 Å². The first kappa shape index (κ1) is 20.3. The van der Waals surface area contributed by atoms with Crippen LogP contribution in [0.5, 0.6) is 0 Å². The Kier molecular flexibility index (Phi) is 5.69. The van der Waals surface area contributed by atoms with Crippen molar-refractivity contribution in [3.8, 4) is 0 Å². The third kappa shape index (κ3) is 4.01. The van der Waals surface area contributed by atoms with E-state index in [0.717, 1.165) is 18.0 Å². The van der Waals surface area contributed by atoms with Crippen molar-refractivity contribution in [1.29, 1.82) is 0 Å². The van der Waals surface area contributed by atoms with Gasteiger partial charge < -0.3 is 19.1 Å². The molecule has 30 heavy (non-hydrogen) atoms. The fourth-order valence-corrected chi connectivity index (χ4v) is 4.10. The van der Waals surface area contributed by atoms with E-state index in [1.54, 1.807) is 22.9 Å². The zero-order valence-corrected chi connectivity index (χ0v) is 16.8. The summed E-state index contributed by atoms with van der Waals surface area (Å²) in [6.45, 7) is 4.18. The number of hydrogen-bond donors (Lipinski definition) is 0. The first-order valence-electron chi connectivity index (χ1n) is 10.2. The molecule has 1 aromatic heterocycles. The number of aryl methyl sites for hydroxylation is 1. The summed E-state index contributed by atoms with van der Waals surface area (Å²) >= 11 is 0. The smallest absolute Gasteiger partial charge is 0.409 e. The second-order valence-corrected chi connectivity index (χ2v) is 7.57. The van der Waals surface area contributed by atoms with Gasteiger partial charge in [-0.15, -0.1) is 0 Å². The molecule has 4 rings (SSSR count). The van der Waals surface area contributed by atoms with E-state index in [4.69, 9.17) is 4.74 Å². The highest BCUT2D eigenvalue weighted by Gasteiger charge is 2.29. The predicted molar refractivity (Wildman–Crippen MR) is 104 cm³/mol. The van der Waals surface area contributed by atoms with Gasteiger partial charge in [-0.25, -0.2) is 18.6 Å². The summed E-state index contributed by atoms with van der Waals surface area (Å²) in [5, 5.41) is 0. The minimum Gasteiger partial charge on any atom is -0.450 e. The number of amides is 2. The maximum atomic E-state index is 14.2. The molecule has 2 aromatic rings. The quantitative estimate of drug-likeness (QED) is 0.769. The van der Waals surface area contributed by atoms with Crippen molar-refractivity contribution in [2.24, 2.45) is 0 Å². The highest BCUT2D eigenvalue weighted by molar-refractivity contribution is 5.92. The summed E-state index contributed by atoms with van der Waals surface area (Å²) < 4.78 is 34.6. The van der Waals surface area contributed by atoms with Crippen molar-refractivity contribution in [1.82, 2.24) is 19.4 Å². The lowest BCUT2D eigenvalue weighted by Crippen LogP contribution is -2.50.